The molecule has 4 bridgehead atoms. The fourth-order valence-corrected chi connectivity index (χ4v) is 5.14. The summed E-state index contributed by atoms with van der Waals surface area (Å²) in [5.41, 5.74) is 8.40. The van der Waals surface area contributed by atoms with Crippen LogP contribution >= 0.6 is 0 Å². The first-order chi connectivity index (χ1) is 19.9. The normalized spacial score (nSPS) is 20.2. The Morgan fingerprint density at radius 3 is 2.83 bits per heavy atom. The van der Waals surface area contributed by atoms with Crippen molar-refractivity contribution >= 4 is 17.6 Å². The van der Waals surface area contributed by atoms with Gasteiger partial charge in [0.1, 0.15) is 23.5 Å². The molecule has 4 N–H and O–H groups in total. The second-order valence-corrected chi connectivity index (χ2v) is 10.2. The van der Waals surface area contributed by atoms with Crippen molar-refractivity contribution in [2.45, 2.75) is 44.5 Å². The number of anilines is 1. The van der Waals surface area contributed by atoms with Crippen molar-refractivity contribution in [3.05, 3.63) is 77.2 Å². The molecular weight excluding hydrogens is 529 g/mol. The number of likely N-dealkylation sites (tertiary alicyclic amines) is 1. The molecule has 2 aliphatic rings. The van der Waals surface area contributed by atoms with E-state index in [1.165, 1.54) is 19.2 Å². The molecule has 0 unspecified atom stereocenters. The van der Waals surface area contributed by atoms with Crippen LogP contribution in [0.1, 0.15) is 29.5 Å². The molecule has 2 aliphatic heterocycles. The van der Waals surface area contributed by atoms with Crippen molar-refractivity contribution in [3.63, 3.8) is 0 Å². The Bertz CT molecular complexity index is 1400. The summed E-state index contributed by atoms with van der Waals surface area (Å²) >= 11 is 0. The highest BCUT2D eigenvalue weighted by molar-refractivity contribution is 5.78. The number of amides is 2. The molecule has 0 radical (unpaired) electrons. The standard InChI is InChI=1S/C30H34FN5O5/c1-39-26-6-4-19-5-7-28(37)34-15-20-11-22(31)14-23(12-20)41-25-8-10-36(16-21-3-2-9-33-30(21)32)17-24(25)35-29(38)18-40-27(26)13-19/h2-4,6,9,11-14,24-25H,5,7-8,10,15-18H2,1H3,(H2,32,33)(H,34,37)(H,35,38)/t24-,25-/m1/s1. The van der Waals surface area contributed by atoms with Crippen LogP contribution in [0.4, 0.5) is 10.2 Å². The van der Waals surface area contributed by atoms with Gasteiger partial charge in [-0.05, 0) is 54.3 Å². The number of carbonyl (C=O) groups is 2. The molecule has 1 fully saturated rings. The van der Waals surface area contributed by atoms with Crippen LogP contribution in [0.3, 0.4) is 0 Å². The third-order valence-electron chi connectivity index (χ3n) is 7.24. The minimum absolute atomic E-state index is 0.162. The first kappa shape index (κ1) is 28.2. The molecule has 0 saturated carbocycles. The molecule has 2 atom stereocenters. The maximum Gasteiger partial charge on any atom is 0.258 e. The molecule has 41 heavy (non-hydrogen) atoms. The van der Waals surface area contributed by atoms with E-state index in [9.17, 15) is 14.0 Å². The number of benzene rings is 2. The molecule has 3 aromatic rings. The number of nitrogens with one attached hydrogen (secondary N) is 2. The lowest BCUT2D eigenvalue weighted by Crippen LogP contribution is -2.57. The van der Waals surface area contributed by atoms with Gasteiger partial charge in [-0.2, -0.15) is 0 Å². The van der Waals surface area contributed by atoms with E-state index in [0.717, 1.165) is 11.1 Å². The summed E-state index contributed by atoms with van der Waals surface area (Å²) in [7, 11) is 1.53. The van der Waals surface area contributed by atoms with Crippen LogP contribution in [-0.4, -0.2) is 60.7 Å². The number of fused-ring (bicyclic) bond motifs is 5. The van der Waals surface area contributed by atoms with Crippen LogP contribution in [-0.2, 0) is 29.1 Å². The lowest BCUT2D eigenvalue weighted by Gasteiger charge is -2.39. The van der Waals surface area contributed by atoms with Gasteiger partial charge in [0.25, 0.3) is 5.91 Å². The van der Waals surface area contributed by atoms with Gasteiger partial charge in [0.05, 0.1) is 13.2 Å². The summed E-state index contributed by atoms with van der Waals surface area (Å²) in [5.74, 6) is 0.725. The number of pyridine rings is 1. The van der Waals surface area contributed by atoms with Gasteiger partial charge in [-0.25, -0.2) is 9.37 Å². The smallest absolute Gasteiger partial charge is 0.258 e. The van der Waals surface area contributed by atoms with E-state index < -0.39 is 18.0 Å². The Hall–Kier alpha value is -4.38. The lowest BCUT2D eigenvalue weighted by atomic mass is 10.0. The van der Waals surface area contributed by atoms with E-state index in [-0.39, 0.29) is 31.4 Å². The Morgan fingerprint density at radius 1 is 1.12 bits per heavy atom. The number of rotatable bonds is 3. The average molecular weight is 564 g/mol. The highest BCUT2D eigenvalue weighted by atomic mass is 19.1. The molecule has 0 aliphatic carbocycles. The maximum atomic E-state index is 14.5. The highest BCUT2D eigenvalue weighted by Crippen LogP contribution is 2.29. The zero-order valence-corrected chi connectivity index (χ0v) is 22.9. The van der Waals surface area contributed by atoms with Gasteiger partial charge >= 0.3 is 0 Å². The molecular formula is C30H34FN5O5. The van der Waals surface area contributed by atoms with Gasteiger partial charge in [-0.15, -0.1) is 0 Å². The van der Waals surface area contributed by atoms with E-state index in [0.29, 0.717) is 61.1 Å². The summed E-state index contributed by atoms with van der Waals surface area (Å²) in [6.07, 6.45) is 2.48. The van der Waals surface area contributed by atoms with Crippen molar-refractivity contribution in [3.8, 4) is 17.2 Å². The molecule has 3 heterocycles. The van der Waals surface area contributed by atoms with Crippen LogP contribution in [0.2, 0.25) is 0 Å². The molecule has 216 valence electrons. The van der Waals surface area contributed by atoms with E-state index in [1.54, 1.807) is 24.4 Å². The van der Waals surface area contributed by atoms with Gasteiger partial charge in [-0.3, -0.25) is 14.5 Å². The van der Waals surface area contributed by atoms with Crippen molar-refractivity contribution < 1.29 is 28.2 Å². The number of methoxy groups -OCH3 is 1. The van der Waals surface area contributed by atoms with Crippen molar-refractivity contribution in [2.75, 3.05) is 32.5 Å². The molecule has 1 saturated heterocycles. The minimum atomic E-state index is -0.467. The van der Waals surface area contributed by atoms with Crippen molar-refractivity contribution in [1.82, 2.24) is 20.5 Å². The molecule has 10 nitrogen and oxygen atoms in total. The second-order valence-electron chi connectivity index (χ2n) is 10.2. The number of aryl methyl sites for hydroxylation is 1. The number of nitrogen functional groups attached to an aromatic ring is 1. The van der Waals surface area contributed by atoms with E-state index in [4.69, 9.17) is 19.9 Å². The number of hydrogen-bond donors (Lipinski definition) is 3. The fraction of sp³-hybridized carbons (Fsp3) is 0.367. The average Bonchev–Trinajstić information content (AvgIpc) is 2.96. The fourth-order valence-electron chi connectivity index (χ4n) is 5.14. The monoisotopic (exact) mass is 563 g/mol. The van der Waals surface area contributed by atoms with E-state index >= 15 is 0 Å². The van der Waals surface area contributed by atoms with Crippen molar-refractivity contribution in [2.24, 2.45) is 0 Å². The number of ether oxygens (including phenoxy) is 3. The molecule has 1 aromatic heterocycles. The zero-order chi connectivity index (χ0) is 28.8. The first-order valence-electron chi connectivity index (χ1n) is 13.6. The predicted molar refractivity (Wildman–Crippen MR) is 150 cm³/mol. The number of nitrogens with two attached hydrogens (primary N) is 1. The number of hydrogen-bond acceptors (Lipinski definition) is 8. The minimum Gasteiger partial charge on any atom is -0.493 e. The Kier molecular flexibility index (Phi) is 8.83. The number of halogens is 1. The number of aromatic nitrogens is 1. The summed E-state index contributed by atoms with van der Waals surface area (Å²) in [4.78, 5) is 32.0. The maximum absolute atomic E-state index is 14.5. The van der Waals surface area contributed by atoms with E-state index in [1.807, 2.05) is 18.2 Å². The van der Waals surface area contributed by atoms with Crippen LogP contribution in [0.25, 0.3) is 0 Å². The first-order valence-corrected chi connectivity index (χ1v) is 13.6. The van der Waals surface area contributed by atoms with Crippen LogP contribution < -0.4 is 30.6 Å². The number of carbonyl (C=O) groups excluding carboxylic acids is 2. The topological polar surface area (TPSA) is 128 Å². The van der Waals surface area contributed by atoms with Gasteiger partial charge < -0.3 is 30.6 Å². The molecule has 2 aromatic carbocycles. The quantitative estimate of drug-likeness (QED) is 0.444. The zero-order valence-electron chi connectivity index (χ0n) is 22.9. The van der Waals surface area contributed by atoms with Gasteiger partial charge in [0.15, 0.2) is 18.1 Å². The van der Waals surface area contributed by atoms with Crippen LogP contribution in [0, 0.1) is 5.82 Å². The van der Waals surface area contributed by atoms with Crippen LogP contribution in [0.15, 0.2) is 54.7 Å². The SMILES string of the molecule is COc1ccc2cc1OCC(=O)N[C@@H]1CN(Cc3cccnc3N)CC[C@H]1Oc1cc(F)cc(c1)CNC(=O)CC2. The summed E-state index contributed by atoms with van der Waals surface area (Å²) in [6, 6.07) is 13.1. The third-order valence-corrected chi connectivity index (χ3v) is 7.24. The largest absolute Gasteiger partial charge is 0.493 e. The third kappa shape index (κ3) is 7.43. The summed E-state index contributed by atoms with van der Waals surface area (Å²) < 4.78 is 32.1. The molecule has 2 amide bonds. The lowest BCUT2D eigenvalue weighted by molar-refractivity contribution is -0.125. The van der Waals surface area contributed by atoms with E-state index in [2.05, 4.69) is 20.5 Å². The predicted octanol–water partition coefficient (Wildman–Crippen LogP) is 2.59. The number of piperidine rings is 1. The molecule has 5 rings (SSSR count). The summed E-state index contributed by atoms with van der Waals surface area (Å²) in [6.45, 7) is 1.62. The van der Waals surface area contributed by atoms with Crippen LogP contribution in [0.5, 0.6) is 17.2 Å². The summed E-state index contributed by atoms with van der Waals surface area (Å²) in [5, 5.41) is 5.91. The highest BCUT2D eigenvalue weighted by Gasteiger charge is 2.33. The number of nitrogens with zero attached hydrogens (tertiary/aromatic N) is 2. The Labute approximate surface area is 238 Å². The van der Waals surface area contributed by atoms with Crippen molar-refractivity contribution in [1.29, 1.82) is 0 Å². The Balaban J connectivity index is 1.40. The van der Waals surface area contributed by atoms with Gasteiger partial charge in [0.2, 0.25) is 5.91 Å². The molecule has 11 heteroatoms. The molecule has 0 spiro atoms. The van der Waals surface area contributed by atoms with Gasteiger partial charge in [-0.1, -0.05) is 12.1 Å². The van der Waals surface area contributed by atoms with Gasteiger partial charge in [0, 0.05) is 50.4 Å². The second kappa shape index (κ2) is 12.9. The Morgan fingerprint density at radius 2 is 2.00 bits per heavy atom.